The monoisotopic (exact) mass is 272 g/mol. The Labute approximate surface area is 118 Å². The molecule has 4 nitrogen and oxygen atoms in total. The SMILES string of the molecule is C/C(=N/NC(=O)c1ccc(O)cc1)[C@@H]1C[C@@H]2CC[C@@H]1C2. The lowest BCUT2D eigenvalue weighted by molar-refractivity contribution is 0.0954. The molecular formula is C16H20N2O2. The molecule has 0 heterocycles. The zero-order chi connectivity index (χ0) is 14.1. The van der Waals surface area contributed by atoms with Crippen LogP contribution in [0.25, 0.3) is 0 Å². The van der Waals surface area contributed by atoms with E-state index in [4.69, 9.17) is 0 Å². The maximum absolute atomic E-state index is 11.9. The van der Waals surface area contributed by atoms with Gasteiger partial charge >= 0.3 is 0 Å². The Morgan fingerprint density at radius 2 is 2.00 bits per heavy atom. The van der Waals surface area contributed by atoms with E-state index >= 15 is 0 Å². The van der Waals surface area contributed by atoms with E-state index in [1.807, 2.05) is 6.92 Å². The predicted molar refractivity (Wildman–Crippen MR) is 77.6 cm³/mol. The lowest BCUT2D eigenvalue weighted by Crippen LogP contribution is -2.24. The summed E-state index contributed by atoms with van der Waals surface area (Å²) >= 11 is 0. The van der Waals surface area contributed by atoms with Crippen molar-refractivity contribution >= 4 is 11.6 Å². The van der Waals surface area contributed by atoms with Gasteiger partial charge in [0.25, 0.3) is 5.91 Å². The summed E-state index contributed by atoms with van der Waals surface area (Å²) < 4.78 is 0. The summed E-state index contributed by atoms with van der Waals surface area (Å²) in [6.07, 6.45) is 5.25. The van der Waals surface area contributed by atoms with Crippen LogP contribution in [0.5, 0.6) is 5.75 Å². The zero-order valence-electron chi connectivity index (χ0n) is 11.7. The number of fused-ring (bicyclic) bond motifs is 2. The van der Waals surface area contributed by atoms with Crippen LogP contribution in [0.4, 0.5) is 0 Å². The third kappa shape index (κ3) is 2.55. The molecule has 3 rings (SSSR count). The summed E-state index contributed by atoms with van der Waals surface area (Å²) in [4.78, 5) is 11.9. The average molecular weight is 272 g/mol. The van der Waals surface area contributed by atoms with Gasteiger partial charge in [0.05, 0.1) is 0 Å². The molecule has 4 heteroatoms. The van der Waals surface area contributed by atoms with Gasteiger partial charge in [-0.2, -0.15) is 5.10 Å². The van der Waals surface area contributed by atoms with Crippen LogP contribution in [-0.2, 0) is 0 Å². The van der Waals surface area contributed by atoms with E-state index in [2.05, 4.69) is 10.5 Å². The fourth-order valence-corrected chi connectivity index (χ4v) is 3.66. The molecule has 1 aromatic carbocycles. The first kappa shape index (κ1) is 13.2. The van der Waals surface area contributed by atoms with Crippen molar-refractivity contribution in [2.45, 2.75) is 32.6 Å². The number of rotatable bonds is 3. The van der Waals surface area contributed by atoms with Crippen LogP contribution in [0.1, 0.15) is 43.0 Å². The normalized spacial score (nSPS) is 28.6. The van der Waals surface area contributed by atoms with Crippen LogP contribution >= 0.6 is 0 Å². The number of carbonyl (C=O) groups is 1. The summed E-state index contributed by atoms with van der Waals surface area (Å²) in [5.74, 6) is 2.13. The van der Waals surface area contributed by atoms with Gasteiger partial charge in [0.1, 0.15) is 5.75 Å². The Bertz CT molecular complexity index is 536. The van der Waals surface area contributed by atoms with Crippen molar-refractivity contribution in [3.63, 3.8) is 0 Å². The first-order chi connectivity index (χ1) is 9.63. The van der Waals surface area contributed by atoms with Crippen molar-refractivity contribution in [3.05, 3.63) is 29.8 Å². The number of nitrogens with zero attached hydrogens (tertiary/aromatic N) is 1. The van der Waals surface area contributed by atoms with Crippen molar-refractivity contribution in [2.24, 2.45) is 22.9 Å². The molecule has 0 spiro atoms. The molecule has 106 valence electrons. The van der Waals surface area contributed by atoms with Gasteiger partial charge in [-0.15, -0.1) is 0 Å². The van der Waals surface area contributed by atoms with Crippen LogP contribution in [0.3, 0.4) is 0 Å². The fraction of sp³-hybridized carbons (Fsp3) is 0.500. The minimum absolute atomic E-state index is 0.156. The molecule has 0 aliphatic heterocycles. The summed E-state index contributed by atoms with van der Waals surface area (Å²) in [5, 5.41) is 13.5. The highest BCUT2D eigenvalue weighted by Gasteiger charge is 2.40. The lowest BCUT2D eigenvalue weighted by Gasteiger charge is -2.21. The minimum atomic E-state index is -0.229. The summed E-state index contributed by atoms with van der Waals surface area (Å²) in [6.45, 7) is 2.02. The highest BCUT2D eigenvalue weighted by atomic mass is 16.3. The first-order valence-corrected chi connectivity index (χ1v) is 7.27. The second-order valence-electron chi connectivity index (χ2n) is 6.02. The van der Waals surface area contributed by atoms with E-state index < -0.39 is 0 Å². The molecule has 1 amide bonds. The van der Waals surface area contributed by atoms with Gasteiger partial charge in [-0.25, -0.2) is 5.43 Å². The molecule has 2 saturated carbocycles. The van der Waals surface area contributed by atoms with Crippen LogP contribution in [0, 0.1) is 17.8 Å². The van der Waals surface area contributed by atoms with E-state index in [-0.39, 0.29) is 11.7 Å². The molecule has 2 bridgehead atoms. The third-order valence-corrected chi connectivity index (χ3v) is 4.74. The Kier molecular flexibility index (Phi) is 3.47. The highest BCUT2D eigenvalue weighted by molar-refractivity contribution is 5.95. The van der Waals surface area contributed by atoms with Gasteiger partial charge in [0.15, 0.2) is 0 Å². The Hall–Kier alpha value is -1.84. The number of carbonyl (C=O) groups excluding carboxylic acids is 1. The third-order valence-electron chi connectivity index (χ3n) is 4.74. The molecule has 0 unspecified atom stereocenters. The van der Waals surface area contributed by atoms with Crippen LogP contribution < -0.4 is 5.43 Å². The molecule has 2 N–H and O–H groups in total. The van der Waals surface area contributed by atoms with Gasteiger partial charge in [0, 0.05) is 17.2 Å². The quantitative estimate of drug-likeness (QED) is 0.656. The van der Waals surface area contributed by atoms with Crippen molar-refractivity contribution < 1.29 is 9.90 Å². The lowest BCUT2D eigenvalue weighted by atomic mass is 9.86. The highest BCUT2D eigenvalue weighted by Crippen LogP contribution is 2.48. The molecule has 3 atom stereocenters. The average Bonchev–Trinajstić information content (AvgIpc) is 3.08. The second kappa shape index (κ2) is 5.27. The van der Waals surface area contributed by atoms with E-state index in [0.29, 0.717) is 11.5 Å². The molecule has 2 fully saturated rings. The maximum atomic E-state index is 11.9. The Morgan fingerprint density at radius 3 is 2.60 bits per heavy atom. The van der Waals surface area contributed by atoms with Crippen molar-refractivity contribution in [1.29, 1.82) is 0 Å². The number of phenolic OH excluding ortho intramolecular Hbond substituents is 1. The number of nitrogens with one attached hydrogen (secondary N) is 1. The second-order valence-corrected chi connectivity index (χ2v) is 6.02. The van der Waals surface area contributed by atoms with Gasteiger partial charge in [-0.05, 0) is 62.3 Å². The number of aromatic hydroxyl groups is 1. The molecule has 20 heavy (non-hydrogen) atoms. The van der Waals surface area contributed by atoms with Crippen molar-refractivity contribution in [3.8, 4) is 5.75 Å². The van der Waals surface area contributed by atoms with Gasteiger partial charge < -0.3 is 5.11 Å². The molecule has 2 aliphatic carbocycles. The van der Waals surface area contributed by atoms with Crippen LogP contribution in [0.2, 0.25) is 0 Å². The minimum Gasteiger partial charge on any atom is -0.508 e. The van der Waals surface area contributed by atoms with Crippen LogP contribution in [0.15, 0.2) is 29.4 Å². The number of hydrogen-bond acceptors (Lipinski definition) is 3. The number of phenols is 1. The number of hydrogen-bond donors (Lipinski definition) is 2. The van der Waals surface area contributed by atoms with Crippen molar-refractivity contribution in [1.82, 2.24) is 5.43 Å². The number of amides is 1. The molecule has 0 saturated heterocycles. The standard InChI is InChI=1S/C16H20N2O2/c1-10(15-9-11-2-3-13(15)8-11)17-18-16(20)12-4-6-14(19)7-5-12/h4-7,11,13,15,19H,2-3,8-9H2,1H3,(H,18,20)/b17-10-/t11-,13-,15+/m1/s1. The van der Waals surface area contributed by atoms with E-state index in [0.717, 1.165) is 17.5 Å². The smallest absolute Gasteiger partial charge is 0.271 e. The zero-order valence-corrected chi connectivity index (χ0v) is 11.7. The van der Waals surface area contributed by atoms with Crippen molar-refractivity contribution in [2.75, 3.05) is 0 Å². The molecule has 1 aromatic rings. The molecule has 2 aliphatic rings. The first-order valence-electron chi connectivity index (χ1n) is 7.27. The fourth-order valence-electron chi connectivity index (χ4n) is 3.66. The summed E-state index contributed by atoms with van der Waals surface area (Å²) in [5.41, 5.74) is 4.17. The molecule has 0 radical (unpaired) electrons. The largest absolute Gasteiger partial charge is 0.508 e. The number of hydrazone groups is 1. The number of benzene rings is 1. The predicted octanol–water partition coefficient (Wildman–Crippen LogP) is 2.93. The van der Waals surface area contributed by atoms with E-state index in [1.165, 1.54) is 37.8 Å². The van der Waals surface area contributed by atoms with Gasteiger partial charge in [-0.3, -0.25) is 4.79 Å². The van der Waals surface area contributed by atoms with Gasteiger partial charge in [-0.1, -0.05) is 6.42 Å². The van der Waals surface area contributed by atoms with E-state index in [1.54, 1.807) is 12.1 Å². The topological polar surface area (TPSA) is 61.7 Å². The Balaban J connectivity index is 1.61. The molecular weight excluding hydrogens is 252 g/mol. The van der Waals surface area contributed by atoms with Crippen LogP contribution in [-0.4, -0.2) is 16.7 Å². The summed E-state index contributed by atoms with van der Waals surface area (Å²) in [6, 6.07) is 6.18. The summed E-state index contributed by atoms with van der Waals surface area (Å²) in [7, 11) is 0. The van der Waals surface area contributed by atoms with E-state index in [9.17, 15) is 9.90 Å². The maximum Gasteiger partial charge on any atom is 0.271 e. The van der Waals surface area contributed by atoms with Gasteiger partial charge in [0.2, 0.25) is 0 Å². The molecule has 0 aromatic heterocycles. The Morgan fingerprint density at radius 1 is 1.25 bits per heavy atom.